The third kappa shape index (κ3) is 3.97. The highest BCUT2D eigenvalue weighted by Crippen LogP contribution is 2.53. The molecule has 0 fully saturated rings. The van der Waals surface area contributed by atoms with Crippen LogP contribution in [0.2, 0.25) is 0 Å². The second-order valence-electron chi connectivity index (χ2n) is 7.85. The number of rotatable bonds is 3. The summed E-state index contributed by atoms with van der Waals surface area (Å²) in [5.41, 5.74) is -0.142. The maximum atomic E-state index is 15.0. The van der Waals surface area contributed by atoms with Crippen LogP contribution in [0.5, 0.6) is 17.2 Å². The number of ether oxygens (including phenoxy) is 3. The molecule has 0 radical (unpaired) electrons. The Kier molecular flexibility index (Phi) is 5.64. The van der Waals surface area contributed by atoms with Crippen LogP contribution in [0.1, 0.15) is 27.9 Å². The van der Waals surface area contributed by atoms with Crippen LogP contribution in [0.3, 0.4) is 0 Å². The lowest BCUT2D eigenvalue weighted by Crippen LogP contribution is -2.46. The maximum Gasteiger partial charge on any atom is 0.292 e. The highest BCUT2D eigenvalue weighted by atomic mass is 79.9. The van der Waals surface area contributed by atoms with E-state index in [1.807, 2.05) is 6.07 Å². The molecule has 0 aliphatic carbocycles. The Morgan fingerprint density at radius 1 is 1.20 bits per heavy atom. The molecular formula is C24H17BrFN3O6. The monoisotopic (exact) mass is 541 g/mol. The molecule has 3 aromatic rings. The number of aliphatic imine (C=N–C) groups is 1. The van der Waals surface area contributed by atoms with Crippen molar-refractivity contribution in [3.8, 4) is 17.2 Å². The topological polar surface area (TPSA) is 112 Å². The van der Waals surface area contributed by atoms with Gasteiger partial charge in [-0.1, -0.05) is 15.9 Å². The zero-order valence-electron chi connectivity index (χ0n) is 18.2. The average molecular weight is 542 g/mol. The zero-order valence-corrected chi connectivity index (χ0v) is 19.8. The molecule has 0 saturated heterocycles. The van der Waals surface area contributed by atoms with Crippen molar-refractivity contribution >= 4 is 33.5 Å². The molecule has 1 atom stereocenters. The van der Waals surface area contributed by atoms with Crippen molar-refractivity contribution < 1.29 is 28.3 Å². The van der Waals surface area contributed by atoms with Gasteiger partial charge in [0.25, 0.3) is 17.6 Å². The van der Waals surface area contributed by atoms with Crippen molar-refractivity contribution in [3.05, 3.63) is 91.7 Å². The molecule has 0 bridgehead atoms. The Morgan fingerprint density at radius 3 is 2.69 bits per heavy atom. The average Bonchev–Trinajstić information content (AvgIpc) is 2.85. The normalized spacial score (nSPS) is 17.9. The summed E-state index contributed by atoms with van der Waals surface area (Å²) in [7, 11) is 1.43. The van der Waals surface area contributed by atoms with Crippen molar-refractivity contribution in [1.82, 2.24) is 5.32 Å². The first-order chi connectivity index (χ1) is 16.8. The van der Waals surface area contributed by atoms with Gasteiger partial charge in [0, 0.05) is 52.3 Å². The van der Waals surface area contributed by atoms with Crippen molar-refractivity contribution in [1.29, 1.82) is 0 Å². The van der Waals surface area contributed by atoms with E-state index in [4.69, 9.17) is 14.2 Å². The molecule has 2 heterocycles. The number of amidine groups is 1. The van der Waals surface area contributed by atoms with Crippen molar-refractivity contribution in [2.45, 2.75) is 12.0 Å². The van der Waals surface area contributed by atoms with Gasteiger partial charge in [0.15, 0.2) is 17.2 Å². The maximum absolute atomic E-state index is 15.0. The van der Waals surface area contributed by atoms with E-state index in [2.05, 4.69) is 26.2 Å². The van der Waals surface area contributed by atoms with E-state index < -0.39 is 22.2 Å². The highest BCUT2D eigenvalue weighted by Gasteiger charge is 2.48. The predicted octanol–water partition coefficient (Wildman–Crippen LogP) is 5.06. The molecule has 0 aromatic heterocycles. The number of hydrogen-bond donors (Lipinski definition) is 1. The summed E-state index contributed by atoms with van der Waals surface area (Å²) in [6, 6.07) is 13.2. The van der Waals surface area contributed by atoms with Gasteiger partial charge in [-0.15, -0.1) is 0 Å². The Hall–Kier alpha value is -3.99. The number of fused-ring (bicyclic) bond motifs is 4. The second-order valence-corrected chi connectivity index (χ2v) is 8.77. The summed E-state index contributed by atoms with van der Waals surface area (Å²) in [4.78, 5) is 27.4. The molecule has 35 heavy (non-hydrogen) atoms. The summed E-state index contributed by atoms with van der Waals surface area (Å²) in [5, 5.41) is 13.5. The lowest BCUT2D eigenvalue weighted by atomic mass is 9.80. The first-order valence-electron chi connectivity index (χ1n) is 10.5. The number of carbonyl (C=O) groups excluding carboxylic acids is 1. The van der Waals surface area contributed by atoms with E-state index in [0.717, 1.165) is 4.47 Å². The summed E-state index contributed by atoms with van der Waals surface area (Å²) >= 11 is 3.47. The van der Waals surface area contributed by atoms with Crippen LogP contribution in [0.4, 0.5) is 10.1 Å². The number of hydrogen-bond acceptors (Lipinski definition) is 7. The van der Waals surface area contributed by atoms with Crippen molar-refractivity contribution in [3.63, 3.8) is 0 Å². The van der Waals surface area contributed by atoms with E-state index in [1.165, 1.54) is 37.4 Å². The second kappa shape index (κ2) is 8.66. The SMILES string of the molecule is COc1cc(F)c2c(c1)C1(CCN=C(NC(=O)c3ccc([N+](=O)[O-])cc3)O1)c1cc(Br)ccc1O2. The van der Waals surface area contributed by atoms with E-state index in [-0.39, 0.29) is 35.3 Å². The first-order valence-corrected chi connectivity index (χ1v) is 11.3. The van der Waals surface area contributed by atoms with Crippen LogP contribution in [-0.4, -0.2) is 30.5 Å². The quantitative estimate of drug-likeness (QED) is 0.366. The Labute approximate surface area is 206 Å². The van der Waals surface area contributed by atoms with Gasteiger partial charge in [0.05, 0.1) is 12.0 Å². The molecule has 1 amide bonds. The van der Waals surface area contributed by atoms with Crippen molar-refractivity contribution in [2.75, 3.05) is 13.7 Å². The number of halogens is 2. The fraction of sp³-hybridized carbons (Fsp3) is 0.167. The molecule has 11 heteroatoms. The number of carbonyl (C=O) groups is 1. The predicted molar refractivity (Wildman–Crippen MR) is 127 cm³/mol. The van der Waals surface area contributed by atoms with Gasteiger partial charge in [-0.2, -0.15) is 0 Å². The number of methoxy groups -OCH3 is 1. The molecule has 0 saturated carbocycles. The fourth-order valence-electron chi connectivity index (χ4n) is 4.16. The number of nitro benzene ring substituents is 1. The summed E-state index contributed by atoms with van der Waals surface area (Å²) in [6.45, 7) is 0.264. The summed E-state index contributed by atoms with van der Waals surface area (Å²) < 4.78 is 33.3. The van der Waals surface area contributed by atoms with Crippen LogP contribution in [0.15, 0.2) is 64.1 Å². The molecule has 1 spiro atoms. The summed E-state index contributed by atoms with van der Waals surface area (Å²) in [6.07, 6.45) is 0.344. The van der Waals surface area contributed by atoms with Crippen molar-refractivity contribution in [2.24, 2.45) is 4.99 Å². The van der Waals surface area contributed by atoms with E-state index in [9.17, 15) is 14.9 Å². The third-order valence-electron chi connectivity index (χ3n) is 5.83. The lowest BCUT2D eigenvalue weighted by Gasteiger charge is -2.42. The van der Waals surface area contributed by atoms with Crippen LogP contribution in [-0.2, 0) is 10.3 Å². The molecular weight excluding hydrogens is 525 g/mol. The fourth-order valence-corrected chi connectivity index (χ4v) is 4.52. The molecule has 1 unspecified atom stereocenters. The first kappa shape index (κ1) is 22.8. The van der Waals surface area contributed by atoms with Crippen LogP contribution in [0.25, 0.3) is 0 Å². The standard InChI is InChI=1S/C24H17BrFN3O6/c1-33-16-11-18-21(19(26)12-16)34-20-7-4-14(25)10-17(20)24(18)8-9-27-23(35-24)28-22(30)13-2-5-15(6-3-13)29(31)32/h2-7,10-12H,8-9H2,1H3,(H,27,28,30). The Bertz CT molecular complexity index is 1390. The van der Waals surface area contributed by atoms with Crippen LogP contribution >= 0.6 is 15.9 Å². The largest absolute Gasteiger partial charge is 0.497 e. The summed E-state index contributed by atoms with van der Waals surface area (Å²) in [5.74, 6) is -0.481. The number of benzene rings is 3. The van der Waals surface area contributed by atoms with Gasteiger partial charge in [0.2, 0.25) is 0 Å². The smallest absolute Gasteiger partial charge is 0.292 e. The van der Waals surface area contributed by atoms with Crippen LogP contribution < -0.4 is 14.8 Å². The molecule has 5 rings (SSSR count). The molecule has 9 nitrogen and oxygen atoms in total. The minimum absolute atomic E-state index is 0.00330. The molecule has 2 aliphatic rings. The number of nitrogens with one attached hydrogen (secondary N) is 1. The number of nitro groups is 1. The minimum atomic E-state index is -1.22. The Balaban J connectivity index is 1.53. The minimum Gasteiger partial charge on any atom is -0.497 e. The van der Waals surface area contributed by atoms with Gasteiger partial charge in [-0.25, -0.2) is 9.38 Å². The van der Waals surface area contributed by atoms with Gasteiger partial charge >= 0.3 is 0 Å². The van der Waals surface area contributed by atoms with Gasteiger partial charge < -0.3 is 14.2 Å². The number of amides is 1. The highest BCUT2D eigenvalue weighted by molar-refractivity contribution is 9.10. The number of non-ortho nitro benzene ring substituents is 1. The van der Waals surface area contributed by atoms with Crippen LogP contribution in [0, 0.1) is 15.9 Å². The van der Waals surface area contributed by atoms with E-state index in [1.54, 1.807) is 18.2 Å². The molecule has 2 aliphatic heterocycles. The van der Waals surface area contributed by atoms with Gasteiger partial charge in [-0.3, -0.25) is 20.2 Å². The molecule has 178 valence electrons. The zero-order chi connectivity index (χ0) is 24.7. The van der Waals surface area contributed by atoms with E-state index >= 15 is 4.39 Å². The third-order valence-corrected chi connectivity index (χ3v) is 6.32. The van der Waals surface area contributed by atoms with Gasteiger partial charge in [0.1, 0.15) is 11.5 Å². The van der Waals surface area contributed by atoms with Gasteiger partial charge in [-0.05, 0) is 36.4 Å². The molecule has 1 N–H and O–H groups in total. The number of nitrogens with zero attached hydrogens (tertiary/aromatic N) is 2. The molecule has 3 aromatic carbocycles. The Morgan fingerprint density at radius 2 is 1.97 bits per heavy atom. The lowest BCUT2D eigenvalue weighted by molar-refractivity contribution is -0.384. The van der Waals surface area contributed by atoms with E-state index in [0.29, 0.717) is 23.3 Å².